The summed E-state index contributed by atoms with van der Waals surface area (Å²) in [6.45, 7) is 0. The van der Waals surface area contributed by atoms with Gasteiger partial charge in [0, 0.05) is 11.6 Å². The molecule has 130 valence electrons. The molecule has 3 N–H and O–H groups in total. The third-order valence-corrected chi connectivity index (χ3v) is 5.97. The van der Waals surface area contributed by atoms with Crippen LogP contribution in [0.25, 0.3) is 0 Å². The number of sulfonamides is 1. The summed E-state index contributed by atoms with van der Waals surface area (Å²) in [5, 5.41) is 14.5. The average Bonchev–Trinajstić information content (AvgIpc) is 2.93. The molecule has 7 nitrogen and oxygen atoms in total. The molecule has 0 radical (unpaired) electrons. The van der Waals surface area contributed by atoms with Gasteiger partial charge in [0.1, 0.15) is 6.04 Å². The van der Waals surface area contributed by atoms with Crippen molar-refractivity contribution in [2.45, 2.75) is 49.1 Å². The highest BCUT2D eigenvalue weighted by molar-refractivity contribution is 7.89. The molecule has 3 unspecified atom stereocenters. The predicted octanol–water partition coefficient (Wildman–Crippen LogP) is 1.19. The normalized spacial score (nSPS) is 26.9. The summed E-state index contributed by atoms with van der Waals surface area (Å²) in [7, 11) is -3.83. The summed E-state index contributed by atoms with van der Waals surface area (Å²) in [4.78, 5) is 25.9. The van der Waals surface area contributed by atoms with Gasteiger partial charge in [0.15, 0.2) is 0 Å². The number of nitrogens with zero attached hydrogens (tertiary/aromatic N) is 1. The monoisotopic (exact) mass is 352 g/mol. The molecule has 1 saturated carbocycles. The fourth-order valence-electron chi connectivity index (χ4n) is 3.91. The molecule has 1 amide bonds. The first-order chi connectivity index (χ1) is 11.3. The number of likely N-dealkylation sites (tertiary alicyclic amines) is 1. The van der Waals surface area contributed by atoms with E-state index in [-0.39, 0.29) is 28.3 Å². The number of carbonyl (C=O) groups excluding carboxylic acids is 1. The van der Waals surface area contributed by atoms with Gasteiger partial charge in [-0.25, -0.2) is 18.4 Å². The van der Waals surface area contributed by atoms with Crippen molar-refractivity contribution in [3.05, 3.63) is 29.8 Å². The van der Waals surface area contributed by atoms with Gasteiger partial charge >= 0.3 is 5.97 Å². The van der Waals surface area contributed by atoms with E-state index in [0.29, 0.717) is 6.42 Å². The molecular formula is C16H20N2O5S. The number of amides is 1. The van der Waals surface area contributed by atoms with Gasteiger partial charge in [0.2, 0.25) is 10.0 Å². The first-order valence-electron chi connectivity index (χ1n) is 7.97. The quantitative estimate of drug-likeness (QED) is 0.847. The molecule has 0 aromatic heterocycles. The Morgan fingerprint density at radius 1 is 1.12 bits per heavy atom. The van der Waals surface area contributed by atoms with Crippen molar-refractivity contribution in [2.75, 3.05) is 0 Å². The zero-order chi connectivity index (χ0) is 17.5. The van der Waals surface area contributed by atoms with Crippen LogP contribution in [0, 0.1) is 5.92 Å². The number of nitrogens with two attached hydrogens (primary N) is 1. The molecule has 1 aromatic carbocycles. The van der Waals surface area contributed by atoms with Crippen LogP contribution in [-0.4, -0.2) is 42.4 Å². The molecule has 2 aliphatic rings. The summed E-state index contributed by atoms with van der Waals surface area (Å²) in [5.41, 5.74) is 0.278. The molecule has 8 heteroatoms. The van der Waals surface area contributed by atoms with Gasteiger partial charge in [0.05, 0.1) is 4.90 Å². The summed E-state index contributed by atoms with van der Waals surface area (Å²) in [6, 6.07) is 4.45. The lowest BCUT2D eigenvalue weighted by molar-refractivity contribution is -0.141. The lowest BCUT2D eigenvalue weighted by atomic mass is 9.84. The Morgan fingerprint density at radius 2 is 1.75 bits per heavy atom. The van der Waals surface area contributed by atoms with Crippen LogP contribution in [-0.2, 0) is 14.8 Å². The van der Waals surface area contributed by atoms with Crippen LogP contribution in [0.5, 0.6) is 0 Å². The SMILES string of the molecule is NS(=O)(=O)c1ccc(C(=O)N2C(C(=O)O)CC3CCCCC32)cc1. The average molecular weight is 352 g/mol. The third-order valence-electron chi connectivity index (χ3n) is 5.04. The standard InChI is InChI=1S/C16H20N2O5S/c17-24(22,23)12-7-5-10(6-8-12)15(19)18-13-4-2-1-3-11(13)9-14(18)16(20)21/h5-8,11,13-14H,1-4,9H2,(H,20,21)(H2,17,22,23). The fraction of sp³-hybridized carbons (Fsp3) is 0.500. The zero-order valence-electron chi connectivity index (χ0n) is 13.1. The Hall–Kier alpha value is -1.93. The van der Waals surface area contributed by atoms with Crippen molar-refractivity contribution in [3.63, 3.8) is 0 Å². The molecule has 3 atom stereocenters. The van der Waals surface area contributed by atoms with Crippen molar-refractivity contribution in [3.8, 4) is 0 Å². The molecule has 0 spiro atoms. The number of aliphatic carboxylic acids is 1. The smallest absolute Gasteiger partial charge is 0.326 e. The molecule has 3 rings (SSSR count). The highest BCUT2D eigenvalue weighted by Gasteiger charge is 2.47. The molecule has 1 aromatic rings. The highest BCUT2D eigenvalue weighted by Crippen LogP contribution is 2.40. The van der Waals surface area contributed by atoms with E-state index < -0.39 is 22.0 Å². The first kappa shape index (κ1) is 16.9. The minimum atomic E-state index is -3.83. The molecular weight excluding hydrogens is 332 g/mol. The van der Waals surface area contributed by atoms with Crippen molar-refractivity contribution >= 4 is 21.9 Å². The second-order valence-electron chi connectivity index (χ2n) is 6.48. The van der Waals surface area contributed by atoms with Crippen molar-refractivity contribution in [2.24, 2.45) is 11.1 Å². The maximum Gasteiger partial charge on any atom is 0.326 e. The molecule has 1 aliphatic heterocycles. The van der Waals surface area contributed by atoms with Crippen LogP contribution in [0.3, 0.4) is 0 Å². The predicted molar refractivity (Wildman–Crippen MR) is 85.8 cm³/mol. The van der Waals surface area contributed by atoms with Gasteiger partial charge in [0.25, 0.3) is 5.91 Å². The van der Waals surface area contributed by atoms with Crippen LogP contribution >= 0.6 is 0 Å². The van der Waals surface area contributed by atoms with E-state index in [1.807, 2.05) is 0 Å². The van der Waals surface area contributed by atoms with E-state index in [2.05, 4.69) is 0 Å². The number of carboxylic acids is 1. The number of hydrogen-bond acceptors (Lipinski definition) is 4. The van der Waals surface area contributed by atoms with E-state index in [9.17, 15) is 23.1 Å². The Balaban J connectivity index is 1.90. The third kappa shape index (κ3) is 3.03. The first-order valence-corrected chi connectivity index (χ1v) is 9.52. The van der Waals surface area contributed by atoms with E-state index in [1.165, 1.54) is 29.2 Å². The Kier molecular flexibility index (Phi) is 4.35. The molecule has 0 bridgehead atoms. The van der Waals surface area contributed by atoms with E-state index in [0.717, 1.165) is 25.7 Å². The van der Waals surface area contributed by atoms with Gasteiger partial charge in [-0.15, -0.1) is 0 Å². The number of benzene rings is 1. The minimum absolute atomic E-state index is 0.0507. The van der Waals surface area contributed by atoms with Crippen LogP contribution < -0.4 is 5.14 Å². The summed E-state index contributed by atoms with van der Waals surface area (Å²) in [6.07, 6.45) is 4.30. The number of primary sulfonamides is 1. The maximum atomic E-state index is 12.9. The minimum Gasteiger partial charge on any atom is -0.480 e. The number of carbonyl (C=O) groups is 2. The molecule has 1 saturated heterocycles. The van der Waals surface area contributed by atoms with Crippen molar-refractivity contribution in [1.29, 1.82) is 0 Å². The number of carboxylic acid groups (broad SMARTS) is 1. The summed E-state index contributed by atoms with van der Waals surface area (Å²) < 4.78 is 22.6. The number of fused-ring (bicyclic) bond motifs is 1. The fourth-order valence-corrected chi connectivity index (χ4v) is 4.42. The van der Waals surface area contributed by atoms with Gasteiger partial charge < -0.3 is 10.0 Å². The summed E-state index contributed by atoms with van der Waals surface area (Å²) >= 11 is 0. The zero-order valence-corrected chi connectivity index (χ0v) is 13.9. The molecule has 24 heavy (non-hydrogen) atoms. The van der Waals surface area contributed by atoms with E-state index in [1.54, 1.807) is 0 Å². The Labute approximate surface area is 140 Å². The number of hydrogen-bond donors (Lipinski definition) is 2. The Morgan fingerprint density at radius 3 is 2.33 bits per heavy atom. The van der Waals surface area contributed by atoms with Crippen LogP contribution in [0.4, 0.5) is 0 Å². The van der Waals surface area contributed by atoms with E-state index >= 15 is 0 Å². The number of rotatable bonds is 3. The van der Waals surface area contributed by atoms with Crippen molar-refractivity contribution < 1.29 is 23.1 Å². The van der Waals surface area contributed by atoms with Gasteiger partial charge in [-0.3, -0.25) is 4.79 Å². The second kappa shape index (κ2) is 6.18. The van der Waals surface area contributed by atoms with Gasteiger partial charge in [-0.2, -0.15) is 0 Å². The molecule has 2 fully saturated rings. The lowest BCUT2D eigenvalue weighted by Gasteiger charge is -2.33. The molecule has 1 heterocycles. The largest absolute Gasteiger partial charge is 0.480 e. The summed E-state index contributed by atoms with van der Waals surface area (Å²) in [5.74, 6) is -1.12. The van der Waals surface area contributed by atoms with E-state index in [4.69, 9.17) is 5.14 Å². The van der Waals surface area contributed by atoms with Gasteiger partial charge in [-0.1, -0.05) is 12.8 Å². The maximum absolute atomic E-state index is 12.9. The van der Waals surface area contributed by atoms with Crippen LogP contribution in [0.2, 0.25) is 0 Å². The highest BCUT2D eigenvalue weighted by atomic mass is 32.2. The van der Waals surface area contributed by atoms with Crippen molar-refractivity contribution in [1.82, 2.24) is 4.90 Å². The second-order valence-corrected chi connectivity index (χ2v) is 8.04. The molecule has 1 aliphatic carbocycles. The topological polar surface area (TPSA) is 118 Å². The Bertz CT molecular complexity index is 759. The van der Waals surface area contributed by atoms with Crippen LogP contribution in [0.15, 0.2) is 29.2 Å². The lowest BCUT2D eigenvalue weighted by Crippen LogP contribution is -2.46. The van der Waals surface area contributed by atoms with Gasteiger partial charge in [-0.05, 0) is 49.4 Å². The van der Waals surface area contributed by atoms with Crippen LogP contribution in [0.1, 0.15) is 42.5 Å².